The van der Waals surface area contributed by atoms with Crippen molar-refractivity contribution in [3.05, 3.63) is 76.9 Å². The monoisotopic (exact) mass is 576 g/mol. The molecular weight excluding hydrogens is 531 g/mol. The summed E-state index contributed by atoms with van der Waals surface area (Å²) in [6, 6.07) is 14.7. The molecule has 1 aliphatic heterocycles. The van der Waals surface area contributed by atoms with Gasteiger partial charge in [-0.1, -0.05) is 50.2 Å². The van der Waals surface area contributed by atoms with Crippen LogP contribution in [0.1, 0.15) is 83.0 Å². The SMILES string of the molecule is CCOC(=O)[C@@H](OC(C)(C)C)c1c(C)nc(C)c(-c2ccc(OCc3ccccc3)c(F)c2)c1N1CCC(C)(C)CC1. The van der Waals surface area contributed by atoms with Crippen LogP contribution in [0.5, 0.6) is 5.75 Å². The number of rotatable bonds is 9. The number of hydrogen-bond donors (Lipinski definition) is 0. The maximum Gasteiger partial charge on any atom is 0.340 e. The molecule has 1 fully saturated rings. The van der Waals surface area contributed by atoms with Gasteiger partial charge in [-0.25, -0.2) is 9.18 Å². The van der Waals surface area contributed by atoms with Gasteiger partial charge in [0.25, 0.3) is 0 Å². The second-order valence-electron chi connectivity index (χ2n) is 12.9. The Bertz CT molecular complexity index is 1390. The van der Waals surface area contributed by atoms with Crippen LogP contribution in [0.2, 0.25) is 0 Å². The van der Waals surface area contributed by atoms with Gasteiger partial charge in [0.1, 0.15) is 6.61 Å². The Kier molecular flexibility index (Phi) is 9.61. The minimum Gasteiger partial charge on any atom is -0.486 e. The number of piperidine rings is 1. The lowest BCUT2D eigenvalue weighted by molar-refractivity contribution is -0.166. The number of hydrogen-bond acceptors (Lipinski definition) is 6. The fourth-order valence-corrected chi connectivity index (χ4v) is 5.47. The third-order valence-electron chi connectivity index (χ3n) is 7.70. The van der Waals surface area contributed by atoms with Crippen LogP contribution in [0.15, 0.2) is 48.5 Å². The van der Waals surface area contributed by atoms with E-state index in [0.717, 1.165) is 48.4 Å². The molecule has 7 heteroatoms. The third kappa shape index (κ3) is 7.49. The van der Waals surface area contributed by atoms with Crippen molar-refractivity contribution in [3.8, 4) is 16.9 Å². The molecule has 3 aromatic rings. The summed E-state index contributed by atoms with van der Waals surface area (Å²) in [5.41, 5.74) is 4.99. The van der Waals surface area contributed by atoms with Crippen LogP contribution in [-0.2, 0) is 20.9 Å². The Morgan fingerprint density at radius 2 is 1.71 bits per heavy atom. The number of aryl methyl sites for hydroxylation is 2. The smallest absolute Gasteiger partial charge is 0.340 e. The highest BCUT2D eigenvalue weighted by atomic mass is 19.1. The van der Waals surface area contributed by atoms with Crippen molar-refractivity contribution < 1.29 is 23.4 Å². The van der Waals surface area contributed by atoms with Gasteiger partial charge in [-0.3, -0.25) is 4.98 Å². The van der Waals surface area contributed by atoms with Crippen molar-refractivity contribution in [2.75, 3.05) is 24.6 Å². The number of carbonyl (C=O) groups excluding carboxylic acids is 1. The summed E-state index contributed by atoms with van der Waals surface area (Å²) in [6.45, 7) is 18.0. The molecule has 1 atom stereocenters. The van der Waals surface area contributed by atoms with Crippen molar-refractivity contribution in [1.82, 2.24) is 4.98 Å². The quantitative estimate of drug-likeness (QED) is 0.240. The molecule has 0 amide bonds. The Morgan fingerprint density at radius 1 is 1.05 bits per heavy atom. The third-order valence-corrected chi connectivity index (χ3v) is 7.70. The number of esters is 1. The zero-order valence-electron chi connectivity index (χ0n) is 26.3. The van der Waals surface area contributed by atoms with Crippen LogP contribution in [-0.4, -0.2) is 36.3 Å². The number of carbonyl (C=O) groups is 1. The van der Waals surface area contributed by atoms with Gasteiger partial charge < -0.3 is 19.1 Å². The lowest BCUT2D eigenvalue weighted by atomic mass is 9.81. The van der Waals surface area contributed by atoms with E-state index in [2.05, 4.69) is 18.7 Å². The normalized spacial score (nSPS) is 15.8. The zero-order valence-corrected chi connectivity index (χ0v) is 26.3. The van der Waals surface area contributed by atoms with Gasteiger partial charge in [0, 0.05) is 35.6 Å². The molecule has 0 spiro atoms. The van der Waals surface area contributed by atoms with Crippen LogP contribution in [0, 0.1) is 25.1 Å². The first-order valence-corrected chi connectivity index (χ1v) is 14.9. The highest BCUT2D eigenvalue weighted by molar-refractivity contribution is 5.88. The molecule has 2 aromatic carbocycles. The van der Waals surface area contributed by atoms with Gasteiger partial charge in [0.2, 0.25) is 0 Å². The van der Waals surface area contributed by atoms with Crippen LogP contribution >= 0.6 is 0 Å². The van der Waals surface area contributed by atoms with Crippen molar-refractivity contribution in [3.63, 3.8) is 0 Å². The summed E-state index contributed by atoms with van der Waals surface area (Å²) in [5.74, 6) is -0.729. The van der Waals surface area contributed by atoms with Gasteiger partial charge in [-0.2, -0.15) is 0 Å². The summed E-state index contributed by atoms with van der Waals surface area (Å²) in [6.07, 6.45) is 0.980. The van der Waals surface area contributed by atoms with E-state index < -0.39 is 23.5 Å². The second-order valence-corrected chi connectivity index (χ2v) is 12.9. The van der Waals surface area contributed by atoms with E-state index in [1.807, 2.05) is 71.0 Å². The molecule has 6 nitrogen and oxygen atoms in total. The van der Waals surface area contributed by atoms with E-state index in [-0.39, 0.29) is 24.4 Å². The molecule has 0 radical (unpaired) electrons. The maximum atomic E-state index is 15.6. The van der Waals surface area contributed by atoms with E-state index in [0.29, 0.717) is 16.8 Å². The predicted molar refractivity (Wildman–Crippen MR) is 165 cm³/mol. The minimum absolute atomic E-state index is 0.183. The molecule has 0 aliphatic carbocycles. The van der Waals surface area contributed by atoms with E-state index in [4.69, 9.17) is 19.2 Å². The highest BCUT2D eigenvalue weighted by Gasteiger charge is 2.37. The number of benzene rings is 2. The molecule has 1 aliphatic rings. The number of nitrogens with zero attached hydrogens (tertiary/aromatic N) is 2. The van der Waals surface area contributed by atoms with E-state index in [1.165, 1.54) is 6.07 Å². The van der Waals surface area contributed by atoms with Gasteiger partial charge in [-0.15, -0.1) is 0 Å². The first-order chi connectivity index (χ1) is 19.8. The van der Waals surface area contributed by atoms with Crippen LogP contribution in [0.25, 0.3) is 11.1 Å². The average Bonchev–Trinajstić information content (AvgIpc) is 2.91. The molecule has 0 bridgehead atoms. The molecule has 0 saturated carbocycles. The standard InChI is InChI=1S/C35H45FN2O4/c1-9-40-33(39)32(42-34(4,5)6)30-24(3)37-23(2)29(31(30)38-19-17-35(7,8)18-20-38)26-15-16-28(27(36)21-26)41-22-25-13-11-10-12-14-25/h10-16,21,32H,9,17-20,22H2,1-8H3/t32-/m0/s1. The first-order valence-electron chi connectivity index (χ1n) is 14.9. The molecule has 1 saturated heterocycles. The van der Waals surface area contributed by atoms with Crippen molar-refractivity contribution >= 4 is 11.7 Å². The maximum absolute atomic E-state index is 15.6. The van der Waals surface area contributed by atoms with Crippen LogP contribution in [0.3, 0.4) is 0 Å². The molecular formula is C35H45FN2O4. The van der Waals surface area contributed by atoms with Crippen LogP contribution in [0.4, 0.5) is 10.1 Å². The lowest BCUT2D eigenvalue weighted by Crippen LogP contribution is -2.39. The first kappa shape index (κ1) is 31.5. The van der Waals surface area contributed by atoms with Crippen LogP contribution < -0.4 is 9.64 Å². The fraction of sp³-hybridized carbons (Fsp3) is 0.486. The summed E-state index contributed by atoms with van der Waals surface area (Å²) in [4.78, 5) is 20.7. The van der Waals surface area contributed by atoms with Gasteiger partial charge in [0.05, 0.1) is 17.9 Å². The van der Waals surface area contributed by atoms with Gasteiger partial charge in [0.15, 0.2) is 17.7 Å². The Hall–Kier alpha value is -3.45. The predicted octanol–water partition coefficient (Wildman–Crippen LogP) is 8.13. The summed E-state index contributed by atoms with van der Waals surface area (Å²) >= 11 is 0. The number of halogens is 1. The number of ether oxygens (including phenoxy) is 3. The van der Waals surface area contributed by atoms with E-state index >= 15 is 4.39 Å². The number of anilines is 1. The highest BCUT2D eigenvalue weighted by Crippen LogP contribution is 2.45. The molecule has 0 unspecified atom stereocenters. The zero-order chi connectivity index (χ0) is 30.7. The van der Waals surface area contributed by atoms with Gasteiger partial charge >= 0.3 is 5.97 Å². The second kappa shape index (κ2) is 12.8. The summed E-state index contributed by atoms with van der Waals surface area (Å²) in [5, 5.41) is 0. The molecule has 2 heterocycles. The molecule has 4 rings (SSSR count). The molecule has 226 valence electrons. The van der Waals surface area contributed by atoms with Crippen molar-refractivity contribution in [2.24, 2.45) is 5.41 Å². The Morgan fingerprint density at radius 3 is 2.31 bits per heavy atom. The average molecular weight is 577 g/mol. The summed E-state index contributed by atoms with van der Waals surface area (Å²) in [7, 11) is 0. The number of aromatic nitrogens is 1. The largest absolute Gasteiger partial charge is 0.486 e. The van der Waals surface area contributed by atoms with Gasteiger partial charge in [-0.05, 0) is 83.1 Å². The molecule has 42 heavy (non-hydrogen) atoms. The topological polar surface area (TPSA) is 60.9 Å². The van der Waals surface area contributed by atoms with Crippen molar-refractivity contribution in [2.45, 2.75) is 86.5 Å². The van der Waals surface area contributed by atoms with Crippen molar-refractivity contribution in [1.29, 1.82) is 0 Å². The number of pyridine rings is 1. The molecule has 1 aromatic heterocycles. The Labute approximate surface area is 250 Å². The summed E-state index contributed by atoms with van der Waals surface area (Å²) < 4.78 is 33.3. The van der Waals surface area contributed by atoms with E-state index in [1.54, 1.807) is 13.0 Å². The Balaban J connectivity index is 1.86. The minimum atomic E-state index is -0.986. The molecule has 0 N–H and O–H groups in total. The fourth-order valence-electron chi connectivity index (χ4n) is 5.47. The lowest BCUT2D eigenvalue weighted by Gasteiger charge is -2.41. The van der Waals surface area contributed by atoms with E-state index in [9.17, 15) is 4.79 Å².